The molecule has 2 aliphatic rings. The first-order valence-corrected chi connectivity index (χ1v) is 24.2. The van der Waals surface area contributed by atoms with Gasteiger partial charge < -0.3 is 15.2 Å². The number of carbonyl (C=O) groups is 3. The van der Waals surface area contributed by atoms with E-state index in [0.29, 0.717) is 35.0 Å². The van der Waals surface area contributed by atoms with Gasteiger partial charge in [-0.3, -0.25) is 9.59 Å². The number of aliphatic hydroxyl groups is 1. The molecule has 2 aliphatic carbocycles. The van der Waals surface area contributed by atoms with Crippen LogP contribution in [0.25, 0.3) is 21.8 Å². The molecule has 12 nitrogen and oxygen atoms in total. The number of nitrogens with zero attached hydrogens (tertiary/aromatic N) is 2. The van der Waals surface area contributed by atoms with Crippen molar-refractivity contribution in [1.82, 2.24) is 13.3 Å². The molecule has 0 bridgehead atoms. The molecule has 1 amide bonds. The smallest absolute Gasteiger partial charge is 0.407 e. The normalized spacial score (nSPS) is 19.2. The molecule has 0 saturated heterocycles. The Bertz CT molecular complexity index is 2940. The Morgan fingerprint density at radius 3 is 1.44 bits per heavy atom. The van der Waals surface area contributed by atoms with Gasteiger partial charge in [0.25, 0.3) is 20.0 Å². The first kappa shape index (κ1) is 45.5. The Hall–Kier alpha value is -5.57. The fraction of sp³-hybridized carbons (Fsp3) is 0.367. The molecule has 0 unspecified atom stereocenters. The van der Waals surface area contributed by atoms with E-state index in [1.54, 1.807) is 72.8 Å². The van der Waals surface area contributed by atoms with Crippen LogP contribution in [0.15, 0.2) is 107 Å². The number of ether oxygens (including phenoxy) is 1. The molecule has 0 radical (unpaired) electrons. The number of aryl methyl sites for hydroxylation is 2. The second kappa shape index (κ2) is 17.5. The summed E-state index contributed by atoms with van der Waals surface area (Å²) in [5, 5.41) is 14.4. The number of aliphatic hydroxyl groups excluding tert-OH is 1. The van der Waals surface area contributed by atoms with E-state index in [9.17, 15) is 36.3 Å². The average Bonchev–Trinajstić information content (AvgIpc) is 4.04. The average molecular weight is 894 g/mol. The highest BCUT2D eigenvalue weighted by Crippen LogP contribution is 2.41. The number of fused-ring (bicyclic) bond motifs is 2. The maximum Gasteiger partial charge on any atom is 0.407 e. The third-order valence-electron chi connectivity index (χ3n) is 12.0. The molecule has 6 aromatic rings. The van der Waals surface area contributed by atoms with Crippen molar-refractivity contribution in [1.29, 1.82) is 0 Å². The van der Waals surface area contributed by atoms with Gasteiger partial charge in [-0.1, -0.05) is 47.5 Å². The number of amides is 1. The first-order chi connectivity index (χ1) is 29.6. The maximum absolute atomic E-state index is 13.5. The zero-order valence-electron chi connectivity index (χ0n) is 36.7. The van der Waals surface area contributed by atoms with Crippen molar-refractivity contribution in [3.8, 4) is 0 Å². The van der Waals surface area contributed by atoms with Gasteiger partial charge in [-0.25, -0.2) is 29.6 Å². The van der Waals surface area contributed by atoms with E-state index in [4.69, 9.17) is 4.74 Å². The Balaban J connectivity index is 0.000000193. The molecule has 2 heterocycles. The van der Waals surface area contributed by atoms with Crippen LogP contribution in [0.2, 0.25) is 0 Å². The summed E-state index contributed by atoms with van der Waals surface area (Å²) in [5.41, 5.74) is 4.93. The summed E-state index contributed by atoms with van der Waals surface area (Å²) in [6.45, 7) is 12.2. The molecule has 2 saturated carbocycles. The molecule has 2 fully saturated rings. The van der Waals surface area contributed by atoms with Gasteiger partial charge in [-0.05, 0) is 158 Å². The number of carbonyl (C=O) groups excluding carboxylic acids is 3. The van der Waals surface area contributed by atoms with Crippen LogP contribution >= 0.6 is 0 Å². The van der Waals surface area contributed by atoms with Crippen LogP contribution < -0.4 is 5.32 Å². The van der Waals surface area contributed by atoms with Crippen molar-refractivity contribution in [3.05, 3.63) is 131 Å². The number of Topliss-reactive ketones (excluding diaryl/α,β-unsaturated/α-hetero) is 2. The quantitative estimate of drug-likeness (QED) is 0.134. The van der Waals surface area contributed by atoms with E-state index in [1.807, 2.05) is 46.8 Å². The largest absolute Gasteiger partial charge is 0.444 e. The molecule has 63 heavy (non-hydrogen) atoms. The van der Waals surface area contributed by atoms with Crippen molar-refractivity contribution in [2.45, 2.75) is 126 Å². The van der Waals surface area contributed by atoms with E-state index in [2.05, 4.69) is 5.32 Å². The number of aromatic nitrogens is 2. The molecule has 2 aromatic heterocycles. The van der Waals surface area contributed by atoms with Gasteiger partial charge in [-0.15, -0.1) is 0 Å². The summed E-state index contributed by atoms with van der Waals surface area (Å²) in [5.74, 6) is -0.0913. The number of hydrogen-bond donors (Lipinski definition) is 2. The summed E-state index contributed by atoms with van der Waals surface area (Å²) in [4.78, 5) is 37.3. The highest BCUT2D eigenvalue weighted by atomic mass is 32.2. The Morgan fingerprint density at radius 2 is 1.05 bits per heavy atom. The van der Waals surface area contributed by atoms with E-state index < -0.39 is 31.7 Å². The molecule has 0 aliphatic heterocycles. The monoisotopic (exact) mass is 893 g/mol. The van der Waals surface area contributed by atoms with Crippen molar-refractivity contribution in [2.24, 2.45) is 0 Å². The van der Waals surface area contributed by atoms with Crippen LogP contribution in [0, 0.1) is 13.8 Å². The van der Waals surface area contributed by atoms with Crippen LogP contribution in [0.5, 0.6) is 0 Å². The molecule has 8 rings (SSSR count). The second-order valence-electron chi connectivity index (χ2n) is 17.9. The van der Waals surface area contributed by atoms with Gasteiger partial charge in [0.2, 0.25) is 0 Å². The number of nitrogens with one attached hydrogen (secondary N) is 1. The number of alkyl carbamates (subject to hydrolysis) is 1. The van der Waals surface area contributed by atoms with Crippen molar-refractivity contribution in [2.75, 3.05) is 0 Å². The minimum Gasteiger partial charge on any atom is -0.444 e. The zero-order chi connectivity index (χ0) is 45.6. The Labute approximate surface area is 369 Å². The maximum atomic E-state index is 13.5. The van der Waals surface area contributed by atoms with Gasteiger partial charge in [0.1, 0.15) is 5.60 Å². The number of benzene rings is 4. The standard InChI is InChI=1S/C27H32N2O5S.C22H23NO4S/c1-17-6-10-21(11-7-17)35(32,33)29-15-14-24-23(13-12-22(18(2)30)25(24)29)19-8-9-20(16-19)28-26(31)34-27(3,4)5;1-14-3-7-18(8-4-14)28(26,27)23-12-11-21-20(16-5-6-17(25)13-16)10-9-19(15(2)24)22(21)23/h6-7,10-15,19-20H,8-9,16H2,1-5H3,(H,28,31);3-4,7-12,16-17,25H,5-6,13H2,1-2H3/t19-,20-;16-,17+/m11/s1. The topological polar surface area (TPSA) is 171 Å². The summed E-state index contributed by atoms with van der Waals surface area (Å²) < 4.78 is 61.4. The van der Waals surface area contributed by atoms with E-state index in [0.717, 1.165) is 58.7 Å². The number of ketones is 2. The zero-order valence-corrected chi connectivity index (χ0v) is 38.3. The molecule has 4 aromatic carbocycles. The lowest BCUT2D eigenvalue weighted by atomic mass is 9.92. The van der Waals surface area contributed by atoms with Crippen molar-refractivity contribution >= 4 is 59.5 Å². The molecular weight excluding hydrogens is 839 g/mol. The van der Waals surface area contributed by atoms with Gasteiger partial charge >= 0.3 is 6.09 Å². The van der Waals surface area contributed by atoms with Crippen molar-refractivity contribution in [3.63, 3.8) is 0 Å². The first-order valence-electron chi connectivity index (χ1n) is 21.3. The fourth-order valence-corrected chi connectivity index (χ4v) is 11.7. The lowest BCUT2D eigenvalue weighted by molar-refractivity contribution is 0.0504. The minimum absolute atomic E-state index is 0.0317. The summed E-state index contributed by atoms with van der Waals surface area (Å²) >= 11 is 0. The molecule has 4 atom stereocenters. The second-order valence-corrected chi connectivity index (χ2v) is 21.5. The summed E-state index contributed by atoms with van der Waals surface area (Å²) in [6, 6.07) is 24.1. The molecule has 14 heteroatoms. The van der Waals surface area contributed by atoms with Crippen LogP contribution in [-0.4, -0.2) is 65.3 Å². The van der Waals surface area contributed by atoms with Crippen molar-refractivity contribution < 1.29 is 41.1 Å². The number of hydrogen-bond acceptors (Lipinski definition) is 9. The highest BCUT2D eigenvalue weighted by molar-refractivity contribution is 7.90. The van der Waals surface area contributed by atoms with Gasteiger partial charge in [0.15, 0.2) is 11.6 Å². The molecule has 2 N–H and O–H groups in total. The lowest BCUT2D eigenvalue weighted by Crippen LogP contribution is -2.37. The van der Waals surface area contributed by atoms with E-state index >= 15 is 0 Å². The Morgan fingerprint density at radius 1 is 0.619 bits per heavy atom. The molecular formula is C49H55N3O9S2. The van der Waals surface area contributed by atoms with E-state index in [-0.39, 0.29) is 45.3 Å². The number of rotatable bonds is 9. The lowest BCUT2D eigenvalue weighted by Gasteiger charge is -2.22. The minimum atomic E-state index is -3.89. The van der Waals surface area contributed by atoms with Gasteiger partial charge in [0, 0.05) is 40.3 Å². The predicted molar refractivity (Wildman–Crippen MR) is 244 cm³/mol. The predicted octanol–water partition coefficient (Wildman–Crippen LogP) is 9.57. The molecule has 332 valence electrons. The van der Waals surface area contributed by atoms with Gasteiger partial charge in [-0.2, -0.15) is 0 Å². The summed E-state index contributed by atoms with van der Waals surface area (Å²) in [7, 11) is -7.72. The van der Waals surface area contributed by atoms with E-state index in [1.165, 1.54) is 34.2 Å². The fourth-order valence-electron chi connectivity index (χ4n) is 8.94. The third-order valence-corrected chi connectivity index (χ3v) is 15.4. The highest BCUT2D eigenvalue weighted by Gasteiger charge is 2.32. The van der Waals surface area contributed by atoms with Crippen LogP contribution in [0.1, 0.15) is 128 Å². The van der Waals surface area contributed by atoms with Crippen LogP contribution in [-0.2, 0) is 24.8 Å². The SMILES string of the molecule is CC(=O)c1ccc([C@@H]2CC[C@@H](NC(=O)OC(C)(C)C)C2)c2ccn(S(=O)(=O)c3ccc(C)cc3)c12.CC(=O)c1ccc([C@@H]2CC[C@H](O)C2)c2ccn(S(=O)(=O)c3ccc(C)cc3)c12. The molecule has 0 spiro atoms. The van der Waals surface area contributed by atoms with Gasteiger partial charge in [0.05, 0.1) is 26.9 Å². The Kier molecular flexibility index (Phi) is 12.7. The van der Waals surface area contributed by atoms with Crippen LogP contribution in [0.3, 0.4) is 0 Å². The third kappa shape index (κ3) is 9.39. The summed E-state index contributed by atoms with van der Waals surface area (Å²) in [6.07, 6.45) is 6.89. The van der Waals surface area contributed by atoms with Crippen LogP contribution in [0.4, 0.5) is 4.79 Å².